The molecule has 2 aromatic heterocycles. The van der Waals surface area contributed by atoms with E-state index in [9.17, 15) is 14.4 Å². The minimum absolute atomic E-state index is 0.0491. The number of H-pyrrole nitrogens is 2. The molecule has 1 saturated heterocycles. The summed E-state index contributed by atoms with van der Waals surface area (Å²) in [6.07, 6.45) is 4.10. The number of carbonyl (C=O) groups excluding carboxylic acids is 3. The lowest BCUT2D eigenvalue weighted by Gasteiger charge is -2.32. The highest BCUT2D eigenvalue weighted by molar-refractivity contribution is 6.31. The monoisotopic (exact) mass is 498 g/mol. The van der Waals surface area contributed by atoms with Crippen LogP contribution in [0.1, 0.15) is 57.4 Å². The fourth-order valence-corrected chi connectivity index (χ4v) is 5.00. The van der Waals surface area contributed by atoms with Crippen molar-refractivity contribution >= 4 is 40.3 Å². The Morgan fingerprint density at radius 1 is 1.26 bits per heavy atom. The number of piperidine rings is 1. The van der Waals surface area contributed by atoms with E-state index in [-0.39, 0.29) is 24.3 Å². The molecule has 0 saturated carbocycles. The lowest BCUT2D eigenvalue weighted by Crippen LogP contribution is -2.46. The first kappa shape index (κ1) is 24.9. The van der Waals surface area contributed by atoms with Crippen LogP contribution in [0.25, 0.3) is 10.9 Å². The maximum absolute atomic E-state index is 13.3. The molecule has 0 bridgehead atoms. The SMILES string of the molecule is CCOC(=O)c1c(C)[nH]c(C(=O)N2CCC[C@@H](C(=O)NCCc3c[nH]c4ccc(Cl)cc34)C2)c1C. The van der Waals surface area contributed by atoms with Crippen LogP contribution in [0.5, 0.6) is 0 Å². The number of halogens is 1. The second-order valence-electron chi connectivity index (χ2n) is 8.98. The smallest absolute Gasteiger partial charge is 0.340 e. The molecule has 2 amide bonds. The number of aryl methyl sites for hydroxylation is 1. The molecule has 3 aromatic rings. The molecule has 0 unspecified atom stereocenters. The molecule has 1 atom stereocenters. The summed E-state index contributed by atoms with van der Waals surface area (Å²) in [5, 5.41) is 4.76. The van der Waals surface area contributed by atoms with Gasteiger partial charge in [-0.3, -0.25) is 9.59 Å². The predicted octanol–water partition coefficient (Wildman–Crippen LogP) is 4.15. The number of likely N-dealkylation sites (tertiary alicyclic amines) is 1. The topological polar surface area (TPSA) is 107 Å². The van der Waals surface area contributed by atoms with Crippen molar-refractivity contribution in [2.45, 2.75) is 40.0 Å². The quantitative estimate of drug-likeness (QED) is 0.425. The average molecular weight is 499 g/mol. The number of fused-ring (bicyclic) bond motifs is 1. The Bertz CT molecular complexity index is 1260. The van der Waals surface area contributed by atoms with E-state index in [4.69, 9.17) is 16.3 Å². The van der Waals surface area contributed by atoms with Gasteiger partial charge in [0.15, 0.2) is 0 Å². The normalized spacial score (nSPS) is 15.9. The molecule has 3 heterocycles. The lowest BCUT2D eigenvalue weighted by molar-refractivity contribution is -0.126. The molecule has 1 fully saturated rings. The standard InChI is InChI=1S/C26H31ClN4O4/c1-4-35-26(34)22-15(2)23(30-16(22)3)25(33)31-11-5-6-18(14-31)24(32)28-10-9-17-13-29-21-8-7-19(27)12-20(17)21/h7-8,12-13,18,29-30H,4-6,9-11,14H2,1-3H3,(H,28,32)/t18-/m1/s1. The van der Waals surface area contributed by atoms with Crippen molar-refractivity contribution in [3.05, 3.63) is 57.5 Å². The Kier molecular flexibility index (Phi) is 7.50. The molecule has 186 valence electrons. The number of hydrogen-bond donors (Lipinski definition) is 3. The minimum Gasteiger partial charge on any atom is -0.462 e. The van der Waals surface area contributed by atoms with Gasteiger partial charge in [0, 0.05) is 47.5 Å². The van der Waals surface area contributed by atoms with Gasteiger partial charge in [0.1, 0.15) is 5.69 Å². The first-order valence-corrected chi connectivity index (χ1v) is 12.4. The summed E-state index contributed by atoms with van der Waals surface area (Å²) in [5.74, 6) is -0.960. The summed E-state index contributed by atoms with van der Waals surface area (Å²) in [6.45, 7) is 6.93. The van der Waals surface area contributed by atoms with E-state index in [1.165, 1.54) is 0 Å². The second-order valence-corrected chi connectivity index (χ2v) is 9.42. The molecule has 8 nitrogen and oxygen atoms in total. The van der Waals surface area contributed by atoms with Gasteiger partial charge >= 0.3 is 5.97 Å². The molecule has 1 aliphatic heterocycles. The number of aromatic amines is 2. The Hall–Kier alpha value is -3.26. The molecular formula is C26H31ClN4O4. The van der Waals surface area contributed by atoms with Gasteiger partial charge in [0.2, 0.25) is 5.91 Å². The van der Waals surface area contributed by atoms with Crippen LogP contribution >= 0.6 is 11.6 Å². The number of nitrogens with zero attached hydrogens (tertiary/aromatic N) is 1. The number of benzene rings is 1. The lowest BCUT2D eigenvalue weighted by atomic mass is 9.96. The van der Waals surface area contributed by atoms with Gasteiger partial charge in [-0.2, -0.15) is 0 Å². The van der Waals surface area contributed by atoms with Crippen molar-refractivity contribution in [2.24, 2.45) is 5.92 Å². The zero-order valence-corrected chi connectivity index (χ0v) is 21.1. The molecule has 0 aliphatic carbocycles. The Morgan fingerprint density at radius 2 is 2.06 bits per heavy atom. The highest BCUT2D eigenvalue weighted by Gasteiger charge is 2.31. The number of rotatable bonds is 7. The van der Waals surface area contributed by atoms with Crippen molar-refractivity contribution < 1.29 is 19.1 Å². The third kappa shape index (κ3) is 5.22. The number of ether oxygens (including phenoxy) is 1. The third-order valence-corrected chi connectivity index (χ3v) is 6.87. The number of aromatic nitrogens is 2. The molecule has 3 N–H and O–H groups in total. The number of carbonyl (C=O) groups is 3. The van der Waals surface area contributed by atoms with Crippen LogP contribution in [0.15, 0.2) is 24.4 Å². The fourth-order valence-electron chi connectivity index (χ4n) is 4.83. The van der Waals surface area contributed by atoms with E-state index in [1.807, 2.05) is 24.4 Å². The van der Waals surface area contributed by atoms with Gasteiger partial charge in [-0.1, -0.05) is 11.6 Å². The molecule has 0 spiro atoms. The fraction of sp³-hybridized carbons (Fsp3) is 0.423. The van der Waals surface area contributed by atoms with Gasteiger partial charge in [-0.05, 0) is 69.4 Å². The van der Waals surface area contributed by atoms with Crippen molar-refractivity contribution in [1.29, 1.82) is 0 Å². The number of nitrogens with one attached hydrogen (secondary N) is 3. The molecule has 35 heavy (non-hydrogen) atoms. The Labute approximate surface area is 209 Å². The van der Waals surface area contributed by atoms with Crippen LogP contribution in [0.3, 0.4) is 0 Å². The van der Waals surface area contributed by atoms with Crippen LogP contribution in [-0.4, -0.2) is 58.9 Å². The van der Waals surface area contributed by atoms with E-state index >= 15 is 0 Å². The van der Waals surface area contributed by atoms with E-state index < -0.39 is 5.97 Å². The van der Waals surface area contributed by atoms with Gasteiger partial charge in [0.25, 0.3) is 5.91 Å². The van der Waals surface area contributed by atoms with Crippen molar-refractivity contribution in [3.63, 3.8) is 0 Å². The van der Waals surface area contributed by atoms with Crippen LogP contribution < -0.4 is 5.32 Å². The van der Waals surface area contributed by atoms with Crippen LogP contribution in [-0.2, 0) is 16.0 Å². The zero-order valence-electron chi connectivity index (χ0n) is 20.3. The first-order valence-electron chi connectivity index (χ1n) is 12.0. The van der Waals surface area contributed by atoms with E-state index in [0.717, 1.165) is 29.3 Å². The summed E-state index contributed by atoms with van der Waals surface area (Å²) in [7, 11) is 0. The number of esters is 1. The van der Waals surface area contributed by atoms with Gasteiger partial charge in [-0.25, -0.2) is 4.79 Å². The zero-order chi connectivity index (χ0) is 25.1. The van der Waals surface area contributed by atoms with Crippen molar-refractivity contribution in [1.82, 2.24) is 20.2 Å². The number of amides is 2. The minimum atomic E-state index is -0.439. The number of hydrogen-bond acceptors (Lipinski definition) is 4. The molecule has 9 heteroatoms. The summed E-state index contributed by atoms with van der Waals surface area (Å²) in [6, 6.07) is 5.71. The molecular weight excluding hydrogens is 468 g/mol. The van der Waals surface area contributed by atoms with E-state index in [0.29, 0.717) is 53.6 Å². The summed E-state index contributed by atoms with van der Waals surface area (Å²) in [4.78, 5) is 46.4. The molecule has 1 aliphatic rings. The van der Waals surface area contributed by atoms with Gasteiger partial charge in [-0.15, -0.1) is 0 Å². The van der Waals surface area contributed by atoms with Gasteiger partial charge < -0.3 is 24.9 Å². The van der Waals surface area contributed by atoms with Crippen LogP contribution in [0.4, 0.5) is 0 Å². The van der Waals surface area contributed by atoms with Crippen molar-refractivity contribution in [2.75, 3.05) is 26.2 Å². The molecule has 0 radical (unpaired) electrons. The Balaban J connectivity index is 1.36. The van der Waals surface area contributed by atoms with Crippen LogP contribution in [0, 0.1) is 19.8 Å². The summed E-state index contributed by atoms with van der Waals surface area (Å²) in [5.41, 5.74) is 4.08. The predicted molar refractivity (Wildman–Crippen MR) is 135 cm³/mol. The largest absolute Gasteiger partial charge is 0.462 e. The second kappa shape index (κ2) is 10.6. The first-order chi connectivity index (χ1) is 16.8. The Morgan fingerprint density at radius 3 is 2.83 bits per heavy atom. The maximum Gasteiger partial charge on any atom is 0.340 e. The average Bonchev–Trinajstić information content (AvgIpc) is 3.38. The van der Waals surface area contributed by atoms with E-state index in [1.54, 1.807) is 25.7 Å². The highest BCUT2D eigenvalue weighted by Crippen LogP contribution is 2.25. The maximum atomic E-state index is 13.3. The van der Waals surface area contributed by atoms with Crippen molar-refractivity contribution in [3.8, 4) is 0 Å². The van der Waals surface area contributed by atoms with Gasteiger partial charge in [0.05, 0.1) is 18.1 Å². The van der Waals surface area contributed by atoms with Crippen LogP contribution in [0.2, 0.25) is 5.02 Å². The summed E-state index contributed by atoms with van der Waals surface area (Å²) >= 11 is 6.13. The third-order valence-electron chi connectivity index (χ3n) is 6.63. The molecule has 4 rings (SSSR count). The summed E-state index contributed by atoms with van der Waals surface area (Å²) < 4.78 is 5.13. The van der Waals surface area contributed by atoms with E-state index in [2.05, 4.69) is 15.3 Å². The highest BCUT2D eigenvalue weighted by atomic mass is 35.5. The molecule has 1 aromatic carbocycles.